The molecule has 21 heavy (non-hydrogen) atoms. The Morgan fingerprint density at radius 1 is 1.43 bits per heavy atom. The summed E-state index contributed by atoms with van der Waals surface area (Å²) in [5, 5.41) is 8.47. The fraction of sp³-hybridized carbons (Fsp3) is 0.667. The molecule has 1 amide bonds. The molecule has 118 valence electrons. The largest absolute Gasteiger partial charge is 0.449 e. The van der Waals surface area contributed by atoms with Crippen LogP contribution in [0.2, 0.25) is 0 Å². The molecule has 0 saturated heterocycles. The third-order valence-corrected chi connectivity index (χ3v) is 2.65. The molecule has 0 saturated carbocycles. The molecule has 0 aromatic heterocycles. The van der Waals surface area contributed by atoms with E-state index in [-0.39, 0.29) is 25.5 Å². The molecule has 0 heterocycles. The lowest BCUT2D eigenvalue weighted by atomic mass is 10.2. The monoisotopic (exact) mass is 296 g/mol. The Bertz CT molecular complexity index is 407. The number of ether oxygens (including phenoxy) is 2. The van der Waals surface area contributed by atoms with Crippen molar-refractivity contribution in [1.29, 1.82) is 5.26 Å². The van der Waals surface area contributed by atoms with Crippen LogP contribution < -0.4 is 0 Å². The molecule has 0 aliphatic carbocycles. The van der Waals surface area contributed by atoms with Gasteiger partial charge in [-0.25, -0.2) is 4.79 Å². The quantitative estimate of drug-likeness (QED) is 0.503. The summed E-state index contributed by atoms with van der Waals surface area (Å²) in [7, 11) is 1.52. The zero-order valence-electron chi connectivity index (χ0n) is 13.2. The maximum absolute atomic E-state index is 12.0. The number of hydrogen-bond acceptors (Lipinski definition) is 5. The van der Waals surface area contributed by atoms with E-state index < -0.39 is 17.6 Å². The molecule has 0 bridgehead atoms. The molecule has 0 spiro atoms. The first kappa shape index (κ1) is 19.1. The van der Waals surface area contributed by atoms with Gasteiger partial charge in [-0.1, -0.05) is 6.08 Å². The molecule has 0 unspecified atom stereocenters. The van der Waals surface area contributed by atoms with Crippen molar-refractivity contribution < 1.29 is 19.1 Å². The maximum Gasteiger partial charge on any atom is 0.332 e. The standard InChI is InChI=1S/C15H24N2O4/c1-6-7-8-13(18)17(5)12(11-21-15(2,3)4)14(19)20-10-9-16/h6,12H,1,7-8,10-11H2,2-5H3/t12-/m0/s1. The smallest absolute Gasteiger partial charge is 0.332 e. The van der Waals surface area contributed by atoms with Gasteiger partial charge in [0.05, 0.1) is 12.2 Å². The highest BCUT2D eigenvalue weighted by Gasteiger charge is 2.29. The van der Waals surface area contributed by atoms with Gasteiger partial charge in [-0.05, 0) is 27.2 Å². The average molecular weight is 296 g/mol. The van der Waals surface area contributed by atoms with Crippen molar-refractivity contribution in [3.63, 3.8) is 0 Å². The molecule has 0 aliphatic heterocycles. The Balaban J connectivity index is 4.84. The minimum absolute atomic E-state index is 0.0179. The van der Waals surface area contributed by atoms with Gasteiger partial charge in [-0.3, -0.25) is 4.79 Å². The molecular formula is C15H24N2O4. The van der Waals surface area contributed by atoms with E-state index in [0.717, 1.165) is 0 Å². The van der Waals surface area contributed by atoms with Gasteiger partial charge in [0.25, 0.3) is 0 Å². The van der Waals surface area contributed by atoms with Gasteiger partial charge in [0.15, 0.2) is 12.6 Å². The van der Waals surface area contributed by atoms with Crippen LogP contribution in [0, 0.1) is 11.3 Å². The second kappa shape index (κ2) is 9.14. The second-order valence-electron chi connectivity index (χ2n) is 5.54. The number of carbonyl (C=O) groups is 2. The first-order valence-corrected chi connectivity index (χ1v) is 6.77. The van der Waals surface area contributed by atoms with Crippen molar-refractivity contribution in [3.05, 3.63) is 12.7 Å². The van der Waals surface area contributed by atoms with Crippen LogP contribution in [0.4, 0.5) is 0 Å². The number of rotatable bonds is 8. The Labute approximate surface area is 126 Å². The number of amides is 1. The van der Waals surface area contributed by atoms with E-state index in [4.69, 9.17) is 14.7 Å². The molecular weight excluding hydrogens is 272 g/mol. The molecule has 6 heteroatoms. The number of esters is 1. The molecule has 0 aromatic rings. The van der Waals surface area contributed by atoms with Gasteiger partial charge in [-0.15, -0.1) is 6.58 Å². The number of nitrogens with zero attached hydrogens (tertiary/aromatic N) is 2. The van der Waals surface area contributed by atoms with Crippen molar-refractivity contribution in [2.75, 3.05) is 20.3 Å². The summed E-state index contributed by atoms with van der Waals surface area (Å²) in [6.45, 7) is 8.78. The Morgan fingerprint density at radius 2 is 2.05 bits per heavy atom. The summed E-state index contributed by atoms with van der Waals surface area (Å²) in [6.07, 6.45) is 2.43. The Hall–Kier alpha value is -1.87. The van der Waals surface area contributed by atoms with Crippen LogP contribution in [0.5, 0.6) is 0 Å². The lowest BCUT2D eigenvalue weighted by Crippen LogP contribution is -2.47. The minimum atomic E-state index is -0.866. The topological polar surface area (TPSA) is 79.6 Å². The van der Waals surface area contributed by atoms with Gasteiger partial charge in [-0.2, -0.15) is 5.26 Å². The van der Waals surface area contributed by atoms with E-state index in [1.165, 1.54) is 11.9 Å². The number of hydrogen-bond donors (Lipinski definition) is 0. The van der Waals surface area contributed by atoms with Crippen LogP contribution in [0.1, 0.15) is 33.6 Å². The predicted molar refractivity (Wildman–Crippen MR) is 78.3 cm³/mol. The number of carbonyl (C=O) groups excluding carboxylic acids is 2. The van der Waals surface area contributed by atoms with Gasteiger partial charge >= 0.3 is 5.97 Å². The van der Waals surface area contributed by atoms with Crippen LogP contribution in [-0.2, 0) is 19.1 Å². The molecule has 0 radical (unpaired) electrons. The number of likely N-dealkylation sites (N-methyl/N-ethyl adjacent to an activating group) is 1. The minimum Gasteiger partial charge on any atom is -0.449 e. The van der Waals surface area contributed by atoms with Crippen LogP contribution in [0.25, 0.3) is 0 Å². The summed E-state index contributed by atoms with van der Waals surface area (Å²) in [5.74, 6) is -0.846. The first-order valence-electron chi connectivity index (χ1n) is 6.77. The van der Waals surface area contributed by atoms with Crippen molar-refractivity contribution in [2.24, 2.45) is 0 Å². The summed E-state index contributed by atoms with van der Waals surface area (Å²) < 4.78 is 10.4. The van der Waals surface area contributed by atoms with Gasteiger partial charge in [0.2, 0.25) is 5.91 Å². The number of nitriles is 1. The highest BCUT2D eigenvalue weighted by Crippen LogP contribution is 2.11. The molecule has 0 rings (SSSR count). The third kappa shape index (κ3) is 8.10. The van der Waals surface area contributed by atoms with E-state index in [1.807, 2.05) is 20.8 Å². The van der Waals surface area contributed by atoms with E-state index in [1.54, 1.807) is 12.1 Å². The lowest BCUT2D eigenvalue weighted by Gasteiger charge is -2.29. The molecule has 0 N–H and O–H groups in total. The maximum atomic E-state index is 12.0. The molecule has 1 atom stereocenters. The van der Waals surface area contributed by atoms with E-state index in [2.05, 4.69) is 6.58 Å². The molecule has 0 aromatic carbocycles. The number of allylic oxidation sites excluding steroid dienone is 1. The van der Waals surface area contributed by atoms with Crippen LogP contribution >= 0.6 is 0 Å². The molecule has 0 aliphatic rings. The van der Waals surface area contributed by atoms with Crippen molar-refractivity contribution in [3.8, 4) is 6.07 Å². The second-order valence-corrected chi connectivity index (χ2v) is 5.54. The zero-order chi connectivity index (χ0) is 16.5. The van der Waals surface area contributed by atoms with Gasteiger partial charge < -0.3 is 14.4 Å². The van der Waals surface area contributed by atoms with Crippen LogP contribution in [0.15, 0.2) is 12.7 Å². The lowest BCUT2D eigenvalue weighted by molar-refractivity contribution is -0.158. The fourth-order valence-electron chi connectivity index (χ4n) is 1.44. The first-order chi connectivity index (χ1) is 9.72. The van der Waals surface area contributed by atoms with Crippen LogP contribution in [0.3, 0.4) is 0 Å². The summed E-state index contributed by atoms with van der Waals surface area (Å²) in [5.41, 5.74) is -0.446. The van der Waals surface area contributed by atoms with Crippen LogP contribution in [-0.4, -0.2) is 48.7 Å². The molecule has 0 fully saturated rings. The fourth-order valence-corrected chi connectivity index (χ4v) is 1.44. The van der Waals surface area contributed by atoms with E-state index >= 15 is 0 Å². The van der Waals surface area contributed by atoms with E-state index in [9.17, 15) is 9.59 Å². The molecule has 6 nitrogen and oxygen atoms in total. The normalized spacial score (nSPS) is 12.1. The van der Waals surface area contributed by atoms with Gasteiger partial charge in [0, 0.05) is 13.5 Å². The highest BCUT2D eigenvalue weighted by atomic mass is 16.5. The van der Waals surface area contributed by atoms with Gasteiger partial charge in [0.1, 0.15) is 6.07 Å². The Morgan fingerprint density at radius 3 is 2.52 bits per heavy atom. The zero-order valence-corrected chi connectivity index (χ0v) is 13.2. The van der Waals surface area contributed by atoms with E-state index in [0.29, 0.717) is 6.42 Å². The summed E-state index contributed by atoms with van der Waals surface area (Å²) >= 11 is 0. The highest BCUT2D eigenvalue weighted by molar-refractivity contribution is 5.84. The van der Waals surface area contributed by atoms with Crippen molar-refractivity contribution in [1.82, 2.24) is 4.90 Å². The predicted octanol–water partition coefficient (Wildman–Crippen LogP) is 1.66. The summed E-state index contributed by atoms with van der Waals surface area (Å²) in [4.78, 5) is 25.3. The average Bonchev–Trinajstić information content (AvgIpc) is 2.40. The Kier molecular flexibility index (Phi) is 8.32. The van der Waals surface area contributed by atoms with Crippen molar-refractivity contribution in [2.45, 2.75) is 45.3 Å². The SMILES string of the molecule is C=CCCC(=O)N(C)[C@@H](COC(C)(C)C)C(=O)OCC#N. The third-order valence-electron chi connectivity index (χ3n) is 2.65. The van der Waals surface area contributed by atoms with Crippen molar-refractivity contribution >= 4 is 11.9 Å². The summed E-state index contributed by atoms with van der Waals surface area (Å²) in [6, 6.07) is 0.862.